The number of anilines is 1. The van der Waals surface area contributed by atoms with Gasteiger partial charge in [-0.15, -0.1) is 0 Å². The van der Waals surface area contributed by atoms with Crippen molar-refractivity contribution in [2.45, 2.75) is 25.8 Å². The molecule has 36 heavy (non-hydrogen) atoms. The number of nitrogens with one attached hydrogen (secondary N) is 1. The lowest BCUT2D eigenvalue weighted by Gasteiger charge is -2.21. The fourth-order valence-corrected chi connectivity index (χ4v) is 4.62. The van der Waals surface area contributed by atoms with Gasteiger partial charge >= 0.3 is 0 Å². The van der Waals surface area contributed by atoms with Crippen LogP contribution < -0.4 is 20.5 Å². The first kappa shape index (κ1) is 24.7. The second-order valence-electron chi connectivity index (χ2n) is 8.80. The van der Waals surface area contributed by atoms with Gasteiger partial charge in [0, 0.05) is 37.3 Å². The Morgan fingerprint density at radius 1 is 1.14 bits per heavy atom. The number of carbonyl (C=O) groups excluding carboxylic acids is 2. The van der Waals surface area contributed by atoms with Gasteiger partial charge in [0.25, 0.3) is 11.5 Å². The van der Waals surface area contributed by atoms with E-state index in [4.69, 9.17) is 10.00 Å². The molecular formula is C27H25FN4O4. The molecule has 0 bridgehead atoms. The van der Waals surface area contributed by atoms with Crippen LogP contribution in [0.3, 0.4) is 0 Å². The molecule has 1 aromatic heterocycles. The average molecular weight is 489 g/mol. The van der Waals surface area contributed by atoms with E-state index in [-0.39, 0.29) is 28.9 Å². The Labute approximate surface area is 207 Å². The highest BCUT2D eigenvalue weighted by atomic mass is 19.1. The van der Waals surface area contributed by atoms with Gasteiger partial charge in [-0.2, -0.15) is 5.26 Å². The van der Waals surface area contributed by atoms with Gasteiger partial charge in [-0.25, -0.2) is 4.39 Å². The second kappa shape index (κ2) is 9.66. The summed E-state index contributed by atoms with van der Waals surface area (Å²) in [6.45, 7) is 3.43. The number of methoxy groups -OCH3 is 1. The molecule has 8 nitrogen and oxygen atoms in total. The van der Waals surface area contributed by atoms with E-state index in [9.17, 15) is 14.4 Å². The van der Waals surface area contributed by atoms with Crippen LogP contribution in [0.5, 0.6) is 5.75 Å². The number of benzene rings is 2. The van der Waals surface area contributed by atoms with Gasteiger partial charge in [-0.1, -0.05) is 0 Å². The zero-order valence-electron chi connectivity index (χ0n) is 20.3. The minimum Gasteiger partial charge on any atom is -0.497 e. The number of nitrogens with zero attached hydrogens (tertiary/aromatic N) is 3. The van der Waals surface area contributed by atoms with Gasteiger partial charge in [0.2, 0.25) is 5.91 Å². The van der Waals surface area contributed by atoms with Crippen molar-refractivity contribution < 1.29 is 18.7 Å². The van der Waals surface area contributed by atoms with Crippen LogP contribution in [0.4, 0.5) is 10.1 Å². The van der Waals surface area contributed by atoms with Gasteiger partial charge in [-0.3, -0.25) is 14.4 Å². The van der Waals surface area contributed by atoms with Crippen LogP contribution in [0.2, 0.25) is 0 Å². The molecule has 2 aromatic carbocycles. The van der Waals surface area contributed by atoms with Gasteiger partial charge in [0.15, 0.2) is 0 Å². The van der Waals surface area contributed by atoms with E-state index in [2.05, 4.69) is 5.32 Å². The minimum atomic E-state index is -1.13. The number of carbonyl (C=O) groups is 2. The Bertz CT molecular complexity index is 1430. The number of pyridine rings is 1. The molecule has 0 radical (unpaired) electrons. The van der Waals surface area contributed by atoms with Crippen LogP contribution >= 0.6 is 0 Å². The Balaban J connectivity index is 1.79. The summed E-state index contributed by atoms with van der Waals surface area (Å²) in [5, 5.41) is 11.8. The van der Waals surface area contributed by atoms with E-state index < -0.39 is 29.6 Å². The van der Waals surface area contributed by atoms with Gasteiger partial charge in [0.1, 0.15) is 23.3 Å². The number of hydrogen-bond donors (Lipinski definition) is 1. The predicted molar refractivity (Wildman–Crippen MR) is 132 cm³/mol. The van der Waals surface area contributed by atoms with E-state index in [1.807, 2.05) is 6.07 Å². The summed E-state index contributed by atoms with van der Waals surface area (Å²) in [6.07, 6.45) is 1.61. The molecule has 9 heteroatoms. The third-order valence-corrected chi connectivity index (χ3v) is 6.51. The van der Waals surface area contributed by atoms with Crippen molar-refractivity contribution in [3.05, 3.63) is 92.6 Å². The quantitative estimate of drug-likeness (QED) is 0.595. The number of ether oxygens (including phenoxy) is 1. The first-order chi connectivity index (χ1) is 17.2. The van der Waals surface area contributed by atoms with E-state index in [1.165, 1.54) is 46.9 Å². The topological polar surface area (TPSA) is 104 Å². The maximum Gasteiger partial charge on any atom is 0.274 e. The Morgan fingerprint density at radius 3 is 2.44 bits per heavy atom. The maximum absolute atomic E-state index is 15.3. The summed E-state index contributed by atoms with van der Waals surface area (Å²) in [6, 6.07) is 11.5. The molecule has 2 amide bonds. The third kappa shape index (κ3) is 4.33. The van der Waals surface area contributed by atoms with Crippen LogP contribution in [-0.4, -0.2) is 36.1 Å². The summed E-state index contributed by atoms with van der Waals surface area (Å²) < 4.78 is 21.9. The molecule has 2 heterocycles. The molecule has 0 unspecified atom stereocenters. The lowest BCUT2D eigenvalue weighted by Crippen LogP contribution is -2.44. The molecule has 1 aliphatic heterocycles. The van der Waals surface area contributed by atoms with Crippen molar-refractivity contribution >= 4 is 17.5 Å². The molecule has 0 aliphatic carbocycles. The largest absolute Gasteiger partial charge is 0.497 e. The number of rotatable bonds is 5. The van der Waals surface area contributed by atoms with Crippen LogP contribution in [0.1, 0.15) is 38.5 Å². The fraction of sp³-hybridized carbons (Fsp3) is 0.259. The zero-order chi connectivity index (χ0) is 26.1. The Hall–Kier alpha value is -4.45. The lowest BCUT2D eigenvalue weighted by atomic mass is 9.89. The smallest absolute Gasteiger partial charge is 0.274 e. The van der Waals surface area contributed by atoms with Crippen molar-refractivity contribution in [2.24, 2.45) is 7.05 Å². The second-order valence-corrected chi connectivity index (χ2v) is 8.80. The minimum absolute atomic E-state index is 0.00132. The predicted octanol–water partition coefficient (Wildman–Crippen LogP) is 2.95. The van der Waals surface area contributed by atoms with Crippen molar-refractivity contribution in [2.75, 3.05) is 18.6 Å². The number of nitriles is 1. The zero-order valence-corrected chi connectivity index (χ0v) is 20.3. The number of hydrogen-bond acceptors (Lipinski definition) is 5. The molecule has 3 aromatic rings. The molecule has 1 N–H and O–H groups in total. The molecular weight excluding hydrogens is 463 g/mol. The average Bonchev–Trinajstić information content (AvgIpc) is 3.16. The normalized spacial score (nSPS) is 17.1. The molecule has 184 valence electrons. The van der Waals surface area contributed by atoms with Crippen molar-refractivity contribution in [1.29, 1.82) is 5.26 Å². The molecule has 0 saturated carbocycles. The summed E-state index contributed by atoms with van der Waals surface area (Å²) in [4.78, 5) is 41.1. The van der Waals surface area contributed by atoms with E-state index in [1.54, 1.807) is 39.2 Å². The Kier molecular flexibility index (Phi) is 6.62. The summed E-state index contributed by atoms with van der Waals surface area (Å²) in [5.41, 5.74) is 1.88. The number of aromatic nitrogens is 1. The molecule has 1 fully saturated rings. The molecule has 1 saturated heterocycles. The lowest BCUT2D eigenvalue weighted by molar-refractivity contribution is -0.118. The molecule has 4 rings (SSSR count). The highest BCUT2D eigenvalue weighted by Crippen LogP contribution is 2.36. The summed E-state index contributed by atoms with van der Waals surface area (Å²) >= 11 is 0. The maximum atomic E-state index is 15.3. The first-order valence-corrected chi connectivity index (χ1v) is 11.3. The molecule has 1 aliphatic rings. The van der Waals surface area contributed by atoms with Crippen LogP contribution in [0, 0.1) is 31.0 Å². The Morgan fingerprint density at radius 2 is 1.83 bits per heavy atom. The van der Waals surface area contributed by atoms with E-state index >= 15 is 4.39 Å². The standard InChI is InChI=1S/C27H25FN4O4/c1-15-9-10-31(3)27(35)24(15)32-14-20(22-16(2)11-19(36-4)12-21(22)28)23(26(32)34)30-25(33)18-7-5-17(13-29)6-8-18/h5-12,20,23H,14H2,1-4H3,(H,30,33)/t20-,23-/m0/s1. The SMILES string of the molecule is COc1cc(C)c([C@@H]2CN(c3c(C)ccn(C)c3=O)C(=O)[C@H]2NC(=O)c2ccc(C#N)cc2)c(F)c1. The summed E-state index contributed by atoms with van der Waals surface area (Å²) in [7, 11) is 3.02. The molecule has 2 atom stereocenters. The number of halogens is 1. The fourth-order valence-electron chi connectivity index (χ4n) is 4.62. The van der Waals surface area contributed by atoms with Crippen molar-refractivity contribution in [1.82, 2.24) is 9.88 Å². The van der Waals surface area contributed by atoms with Crippen molar-refractivity contribution in [3.63, 3.8) is 0 Å². The first-order valence-electron chi connectivity index (χ1n) is 11.3. The van der Waals surface area contributed by atoms with Crippen LogP contribution in [0.15, 0.2) is 53.5 Å². The van der Waals surface area contributed by atoms with Crippen LogP contribution in [-0.2, 0) is 11.8 Å². The van der Waals surface area contributed by atoms with Crippen LogP contribution in [0.25, 0.3) is 0 Å². The van der Waals surface area contributed by atoms with Gasteiger partial charge in [-0.05, 0) is 66.9 Å². The molecule has 0 spiro atoms. The highest BCUT2D eigenvalue weighted by Gasteiger charge is 2.45. The number of amides is 2. The van der Waals surface area contributed by atoms with E-state index in [0.717, 1.165) is 0 Å². The summed E-state index contributed by atoms with van der Waals surface area (Å²) in [5.74, 6) is -2.06. The number of aryl methyl sites for hydroxylation is 3. The van der Waals surface area contributed by atoms with Gasteiger partial charge in [0.05, 0.1) is 18.7 Å². The van der Waals surface area contributed by atoms with Gasteiger partial charge < -0.3 is 19.5 Å². The monoisotopic (exact) mass is 488 g/mol. The van der Waals surface area contributed by atoms with Crippen molar-refractivity contribution in [3.8, 4) is 11.8 Å². The third-order valence-electron chi connectivity index (χ3n) is 6.51. The van der Waals surface area contributed by atoms with E-state index in [0.29, 0.717) is 22.4 Å². The highest BCUT2D eigenvalue weighted by molar-refractivity contribution is 6.05.